The summed E-state index contributed by atoms with van der Waals surface area (Å²) in [6, 6.07) is 7.15. The molecule has 0 aliphatic heterocycles. The average molecular weight is 353 g/mol. The maximum atomic E-state index is 11.9. The molecule has 0 aliphatic carbocycles. The highest BCUT2D eigenvalue weighted by molar-refractivity contribution is 9.10. The number of anilines is 1. The van der Waals surface area contributed by atoms with Crippen LogP contribution in [0.25, 0.3) is 0 Å². The van der Waals surface area contributed by atoms with Gasteiger partial charge in [-0.25, -0.2) is 4.79 Å². The summed E-state index contributed by atoms with van der Waals surface area (Å²) < 4.78 is 10.6. The zero-order chi connectivity index (χ0) is 15.4. The molecule has 0 unspecified atom stereocenters. The van der Waals surface area contributed by atoms with E-state index in [9.17, 15) is 9.59 Å². The lowest BCUT2D eigenvalue weighted by Crippen LogP contribution is -2.21. The summed E-state index contributed by atoms with van der Waals surface area (Å²) in [5.41, 5.74) is 1.29. The molecule has 1 aromatic carbocycles. The molecule has 2 rings (SSSR count). The maximum Gasteiger partial charge on any atom is 0.344 e. The van der Waals surface area contributed by atoms with Gasteiger partial charge in [-0.3, -0.25) is 4.79 Å². The largest absolute Gasteiger partial charge is 0.452 e. The third-order valence-electron chi connectivity index (χ3n) is 2.72. The quantitative estimate of drug-likeness (QED) is 0.855. The molecule has 6 nitrogen and oxygen atoms in total. The van der Waals surface area contributed by atoms with Gasteiger partial charge in [-0.05, 0) is 41.9 Å². The third-order valence-corrected chi connectivity index (χ3v) is 3.41. The van der Waals surface area contributed by atoms with Gasteiger partial charge in [0.25, 0.3) is 5.91 Å². The van der Waals surface area contributed by atoms with Gasteiger partial charge in [-0.15, -0.1) is 0 Å². The second-order valence-corrected chi connectivity index (χ2v) is 5.16. The third kappa shape index (κ3) is 3.69. The molecule has 0 bridgehead atoms. The molecule has 21 heavy (non-hydrogen) atoms. The second kappa shape index (κ2) is 6.53. The Hall–Kier alpha value is -2.15. The van der Waals surface area contributed by atoms with E-state index in [1.165, 1.54) is 0 Å². The van der Waals surface area contributed by atoms with Crippen LogP contribution in [0.3, 0.4) is 0 Å². The molecule has 0 aliphatic rings. The molecule has 7 heteroatoms. The van der Waals surface area contributed by atoms with Crippen molar-refractivity contribution in [2.75, 3.05) is 11.9 Å². The Morgan fingerprint density at radius 1 is 1.33 bits per heavy atom. The number of hydrogen-bond acceptors (Lipinski definition) is 5. The fraction of sp³-hybridized carbons (Fsp3) is 0.214. The molecular weight excluding hydrogens is 340 g/mol. The van der Waals surface area contributed by atoms with Crippen molar-refractivity contribution in [3.8, 4) is 0 Å². The smallest absolute Gasteiger partial charge is 0.344 e. The Morgan fingerprint density at radius 2 is 2.05 bits per heavy atom. The van der Waals surface area contributed by atoms with Crippen LogP contribution in [-0.4, -0.2) is 23.6 Å². The first-order chi connectivity index (χ1) is 9.99. The van der Waals surface area contributed by atoms with E-state index in [1.54, 1.807) is 32.0 Å². The molecule has 1 amide bonds. The molecule has 0 radical (unpaired) electrons. The lowest BCUT2D eigenvalue weighted by atomic mass is 10.2. The molecule has 0 atom stereocenters. The van der Waals surface area contributed by atoms with Gasteiger partial charge in [0.15, 0.2) is 6.61 Å². The SMILES string of the molecule is Cc1noc(C)c1C(=O)OCC(=O)Nc1ccccc1Br. The maximum absolute atomic E-state index is 11.9. The van der Waals surface area contributed by atoms with Crippen LogP contribution < -0.4 is 5.32 Å². The highest BCUT2D eigenvalue weighted by atomic mass is 79.9. The first kappa shape index (κ1) is 15.2. The van der Waals surface area contributed by atoms with Gasteiger partial charge in [0.05, 0.1) is 11.4 Å². The van der Waals surface area contributed by atoms with E-state index in [-0.39, 0.29) is 12.2 Å². The molecule has 0 saturated carbocycles. The lowest BCUT2D eigenvalue weighted by molar-refractivity contribution is -0.119. The van der Waals surface area contributed by atoms with E-state index >= 15 is 0 Å². The zero-order valence-corrected chi connectivity index (χ0v) is 13.1. The number of nitrogens with one attached hydrogen (secondary N) is 1. The van der Waals surface area contributed by atoms with Gasteiger partial charge in [0.1, 0.15) is 11.3 Å². The average Bonchev–Trinajstić information content (AvgIpc) is 2.78. The summed E-state index contributed by atoms with van der Waals surface area (Å²) in [4.78, 5) is 23.6. The number of aromatic nitrogens is 1. The highest BCUT2D eigenvalue weighted by Crippen LogP contribution is 2.21. The normalized spacial score (nSPS) is 10.2. The number of aryl methyl sites for hydroxylation is 2. The topological polar surface area (TPSA) is 81.4 Å². The fourth-order valence-corrected chi connectivity index (χ4v) is 2.11. The summed E-state index contributed by atoms with van der Waals surface area (Å²) in [6.45, 7) is 2.86. The summed E-state index contributed by atoms with van der Waals surface area (Å²) >= 11 is 3.31. The predicted molar refractivity (Wildman–Crippen MR) is 79.0 cm³/mol. The molecule has 0 spiro atoms. The summed E-state index contributed by atoms with van der Waals surface area (Å²) in [5, 5.41) is 6.30. The number of amides is 1. The molecule has 2 aromatic rings. The predicted octanol–water partition coefficient (Wildman–Crippen LogP) is 2.85. The zero-order valence-electron chi connectivity index (χ0n) is 11.5. The molecule has 1 aromatic heterocycles. The van der Waals surface area contributed by atoms with Crippen LogP contribution in [0.2, 0.25) is 0 Å². The Labute approximate surface area is 129 Å². The summed E-state index contributed by atoms with van der Waals surface area (Å²) in [7, 11) is 0. The van der Waals surface area contributed by atoms with Crippen LogP contribution in [-0.2, 0) is 9.53 Å². The van der Waals surface area contributed by atoms with Crippen molar-refractivity contribution in [1.29, 1.82) is 0 Å². The van der Waals surface area contributed by atoms with Crippen molar-refractivity contribution < 1.29 is 18.8 Å². The number of para-hydroxylation sites is 1. The number of esters is 1. The Bertz CT molecular complexity index is 662. The Morgan fingerprint density at radius 3 is 2.67 bits per heavy atom. The fourth-order valence-electron chi connectivity index (χ4n) is 1.73. The Kier molecular flexibility index (Phi) is 4.74. The van der Waals surface area contributed by atoms with E-state index in [1.807, 2.05) is 6.07 Å². The van der Waals surface area contributed by atoms with Crippen LogP contribution in [0.15, 0.2) is 33.3 Å². The minimum Gasteiger partial charge on any atom is -0.452 e. The van der Waals surface area contributed by atoms with Crippen LogP contribution >= 0.6 is 15.9 Å². The number of benzene rings is 1. The highest BCUT2D eigenvalue weighted by Gasteiger charge is 2.20. The van der Waals surface area contributed by atoms with Gasteiger partial charge in [0, 0.05) is 4.47 Å². The van der Waals surface area contributed by atoms with Crippen molar-refractivity contribution in [2.45, 2.75) is 13.8 Å². The van der Waals surface area contributed by atoms with E-state index in [0.29, 0.717) is 17.1 Å². The number of ether oxygens (including phenoxy) is 1. The van der Waals surface area contributed by atoms with Gasteiger partial charge in [-0.2, -0.15) is 0 Å². The van der Waals surface area contributed by atoms with Gasteiger partial charge in [0.2, 0.25) is 0 Å². The number of halogens is 1. The Balaban J connectivity index is 1.93. The van der Waals surface area contributed by atoms with Crippen LogP contribution in [0.1, 0.15) is 21.8 Å². The first-order valence-electron chi connectivity index (χ1n) is 6.13. The van der Waals surface area contributed by atoms with Crippen molar-refractivity contribution >= 4 is 33.5 Å². The summed E-state index contributed by atoms with van der Waals surface area (Å²) in [5.74, 6) is -0.695. The molecular formula is C14H13BrN2O4. The van der Waals surface area contributed by atoms with Crippen molar-refractivity contribution in [1.82, 2.24) is 5.16 Å². The monoisotopic (exact) mass is 352 g/mol. The first-order valence-corrected chi connectivity index (χ1v) is 6.92. The standard InChI is InChI=1S/C14H13BrN2O4/c1-8-13(9(2)21-17-8)14(19)20-7-12(18)16-11-6-4-3-5-10(11)15/h3-6H,7H2,1-2H3,(H,16,18). The minimum absolute atomic E-state index is 0.253. The van der Waals surface area contributed by atoms with E-state index in [4.69, 9.17) is 9.26 Å². The van der Waals surface area contributed by atoms with Gasteiger partial charge < -0.3 is 14.6 Å². The molecule has 1 heterocycles. The van der Waals surface area contributed by atoms with Gasteiger partial charge >= 0.3 is 5.97 Å². The molecule has 110 valence electrons. The lowest BCUT2D eigenvalue weighted by Gasteiger charge is -2.07. The molecule has 1 N–H and O–H groups in total. The van der Waals surface area contributed by atoms with E-state index in [0.717, 1.165) is 4.47 Å². The second-order valence-electron chi connectivity index (χ2n) is 4.30. The van der Waals surface area contributed by atoms with E-state index in [2.05, 4.69) is 26.4 Å². The van der Waals surface area contributed by atoms with Crippen molar-refractivity contribution in [3.05, 3.63) is 45.8 Å². The number of nitrogens with zero attached hydrogens (tertiary/aromatic N) is 1. The minimum atomic E-state index is -0.631. The van der Waals surface area contributed by atoms with Crippen molar-refractivity contribution in [2.24, 2.45) is 0 Å². The number of rotatable bonds is 4. The molecule has 0 fully saturated rings. The molecule has 0 saturated heterocycles. The van der Waals surface area contributed by atoms with E-state index < -0.39 is 11.9 Å². The number of carbonyl (C=O) groups is 2. The summed E-state index contributed by atoms with van der Waals surface area (Å²) in [6.07, 6.45) is 0. The van der Waals surface area contributed by atoms with Gasteiger partial charge in [-0.1, -0.05) is 17.3 Å². The van der Waals surface area contributed by atoms with Crippen molar-refractivity contribution in [3.63, 3.8) is 0 Å². The number of hydrogen-bond donors (Lipinski definition) is 1. The van der Waals surface area contributed by atoms with Crippen LogP contribution in [0, 0.1) is 13.8 Å². The van der Waals surface area contributed by atoms with Crippen LogP contribution in [0.4, 0.5) is 5.69 Å². The number of carbonyl (C=O) groups excluding carboxylic acids is 2. The van der Waals surface area contributed by atoms with Crippen LogP contribution in [0.5, 0.6) is 0 Å².